The van der Waals surface area contributed by atoms with Gasteiger partial charge in [0.05, 0.1) is 18.0 Å². The number of amides is 2. The Labute approximate surface area is 182 Å². The van der Waals surface area contributed by atoms with Crippen molar-refractivity contribution < 1.29 is 18.0 Å². The van der Waals surface area contributed by atoms with Crippen molar-refractivity contribution >= 4 is 33.2 Å². The average Bonchev–Trinajstić information content (AvgIpc) is 3.49. The number of nitrogens with one attached hydrogen (secondary N) is 2. The molecule has 0 bridgehead atoms. The molecule has 8 heteroatoms. The molecular weight excluding hydrogens is 414 g/mol. The van der Waals surface area contributed by atoms with Crippen LogP contribution in [0.15, 0.2) is 42.5 Å². The molecule has 0 aromatic heterocycles. The van der Waals surface area contributed by atoms with Crippen LogP contribution in [-0.2, 0) is 21.2 Å². The van der Waals surface area contributed by atoms with Gasteiger partial charge in [-0.2, -0.15) is 0 Å². The first-order chi connectivity index (χ1) is 14.6. The van der Waals surface area contributed by atoms with Crippen molar-refractivity contribution in [2.45, 2.75) is 45.2 Å². The quantitative estimate of drug-likeness (QED) is 0.719. The topological polar surface area (TPSA) is 95.6 Å². The van der Waals surface area contributed by atoms with Crippen molar-refractivity contribution in [1.82, 2.24) is 5.32 Å². The maximum absolute atomic E-state index is 12.8. The Morgan fingerprint density at radius 1 is 1.10 bits per heavy atom. The standard InChI is InChI=1S/C23H27N3O4S/c1-14-12-19-13-18(8-11-21(19)26(14)31(3,29)30)23(28)24-15(2)16-6-9-20(10-7-16)25-22(27)17-4-5-17/h6-11,13-15,17H,4-5,12H2,1-3H3,(H,24,28)(H,25,27). The smallest absolute Gasteiger partial charge is 0.251 e. The summed E-state index contributed by atoms with van der Waals surface area (Å²) in [7, 11) is -3.36. The van der Waals surface area contributed by atoms with Gasteiger partial charge in [-0.3, -0.25) is 13.9 Å². The molecule has 0 radical (unpaired) electrons. The number of carbonyl (C=O) groups excluding carboxylic acids is 2. The average molecular weight is 442 g/mol. The third-order valence-corrected chi connectivity index (χ3v) is 7.10. The minimum Gasteiger partial charge on any atom is -0.346 e. The molecule has 0 saturated heterocycles. The number of anilines is 2. The first kappa shape index (κ1) is 21.4. The van der Waals surface area contributed by atoms with Gasteiger partial charge in [0.1, 0.15) is 0 Å². The van der Waals surface area contributed by atoms with Gasteiger partial charge in [-0.15, -0.1) is 0 Å². The number of sulfonamides is 1. The van der Waals surface area contributed by atoms with Crippen molar-refractivity contribution in [2.24, 2.45) is 5.92 Å². The van der Waals surface area contributed by atoms with Gasteiger partial charge in [0, 0.05) is 23.2 Å². The van der Waals surface area contributed by atoms with E-state index in [0.717, 1.165) is 29.7 Å². The minimum absolute atomic E-state index is 0.0643. The SMILES string of the molecule is CC(NC(=O)c1ccc2c(c1)CC(C)N2S(C)(=O)=O)c1ccc(NC(=O)C2CC2)cc1. The van der Waals surface area contributed by atoms with E-state index in [9.17, 15) is 18.0 Å². The van der Waals surface area contributed by atoms with Gasteiger partial charge in [-0.1, -0.05) is 12.1 Å². The summed E-state index contributed by atoms with van der Waals surface area (Å²) in [6, 6.07) is 12.2. The van der Waals surface area contributed by atoms with E-state index in [1.807, 2.05) is 38.1 Å². The Morgan fingerprint density at radius 3 is 2.39 bits per heavy atom. The van der Waals surface area contributed by atoms with Crippen LogP contribution in [0.1, 0.15) is 54.2 Å². The van der Waals surface area contributed by atoms with Gasteiger partial charge in [0.2, 0.25) is 15.9 Å². The van der Waals surface area contributed by atoms with Gasteiger partial charge >= 0.3 is 0 Å². The van der Waals surface area contributed by atoms with E-state index in [1.165, 1.54) is 10.6 Å². The zero-order valence-corrected chi connectivity index (χ0v) is 18.7. The number of hydrogen-bond acceptors (Lipinski definition) is 4. The molecule has 0 spiro atoms. The Bertz CT molecular complexity index is 1120. The monoisotopic (exact) mass is 441 g/mol. The van der Waals surface area contributed by atoms with Crippen molar-refractivity contribution in [3.8, 4) is 0 Å². The number of carbonyl (C=O) groups is 2. The fourth-order valence-corrected chi connectivity index (χ4v) is 5.32. The van der Waals surface area contributed by atoms with Crippen LogP contribution in [0.5, 0.6) is 0 Å². The maximum atomic E-state index is 12.8. The third kappa shape index (κ3) is 4.58. The van der Waals surface area contributed by atoms with Gasteiger partial charge in [-0.25, -0.2) is 8.42 Å². The fourth-order valence-electron chi connectivity index (χ4n) is 4.06. The van der Waals surface area contributed by atoms with Crippen LogP contribution >= 0.6 is 0 Å². The lowest BCUT2D eigenvalue weighted by Gasteiger charge is -2.22. The zero-order valence-electron chi connectivity index (χ0n) is 17.9. The van der Waals surface area contributed by atoms with Crippen LogP contribution in [0.2, 0.25) is 0 Å². The molecule has 2 atom stereocenters. The van der Waals surface area contributed by atoms with Crippen LogP contribution < -0.4 is 14.9 Å². The molecule has 2 aromatic rings. The van der Waals surface area contributed by atoms with E-state index < -0.39 is 10.0 Å². The summed E-state index contributed by atoms with van der Waals surface area (Å²) in [5.41, 5.74) is 3.68. The van der Waals surface area contributed by atoms with Gasteiger partial charge < -0.3 is 10.6 Å². The molecule has 2 unspecified atom stereocenters. The second kappa shape index (κ2) is 8.00. The number of benzene rings is 2. The predicted octanol–water partition coefficient (Wildman–Crippen LogP) is 3.24. The van der Waals surface area contributed by atoms with Gasteiger partial charge in [0.25, 0.3) is 5.91 Å². The lowest BCUT2D eigenvalue weighted by Crippen LogP contribution is -2.34. The van der Waals surface area contributed by atoms with Crippen molar-refractivity contribution in [3.05, 3.63) is 59.2 Å². The Kier molecular flexibility index (Phi) is 5.51. The number of hydrogen-bond donors (Lipinski definition) is 2. The van der Waals surface area contributed by atoms with Crippen molar-refractivity contribution in [3.63, 3.8) is 0 Å². The molecule has 2 N–H and O–H groups in total. The predicted molar refractivity (Wildman–Crippen MR) is 121 cm³/mol. The first-order valence-corrected chi connectivity index (χ1v) is 12.3. The van der Waals surface area contributed by atoms with Crippen LogP contribution in [0.25, 0.3) is 0 Å². The highest BCUT2D eigenvalue weighted by molar-refractivity contribution is 7.92. The van der Waals surface area contributed by atoms with Gasteiger partial charge in [0.15, 0.2) is 0 Å². The molecule has 31 heavy (non-hydrogen) atoms. The second-order valence-electron chi connectivity index (χ2n) is 8.54. The molecule has 2 aromatic carbocycles. The van der Waals surface area contributed by atoms with Gasteiger partial charge in [-0.05, 0) is 74.6 Å². The summed E-state index contributed by atoms with van der Waals surface area (Å²) in [5, 5.41) is 5.89. The molecule has 164 valence electrons. The lowest BCUT2D eigenvalue weighted by atomic mass is 10.0. The van der Waals surface area contributed by atoms with Crippen LogP contribution in [0, 0.1) is 5.92 Å². The third-order valence-electron chi connectivity index (χ3n) is 5.83. The molecule has 1 aliphatic heterocycles. The van der Waals surface area contributed by atoms with E-state index in [4.69, 9.17) is 0 Å². The van der Waals surface area contributed by atoms with Crippen LogP contribution in [0.4, 0.5) is 11.4 Å². The molecule has 2 aliphatic rings. The minimum atomic E-state index is -3.36. The summed E-state index contributed by atoms with van der Waals surface area (Å²) < 4.78 is 25.6. The van der Waals surface area contributed by atoms with Crippen LogP contribution in [-0.4, -0.2) is 32.5 Å². The summed E-state index contributed by atoms with van der Waals surface area (Å²) in [4.78, 5) is 24.7. The number of nitrogens with zero attached hydrogens (tertiary/aromatic N) is 1. The number of fused-ring (bicyclic) bond motifs is 1. The molecule has 1 fully saturated rings. The summed E-state index contributed by atoms with van der Waals surface area (Å²) in [6.45, 7) is 3.76. The van der Waals surface area contributed by atoms with E-state index in [0.29, 0.717) is 17.7 Å². The Morgan fingerprint density at radius 2 is 1.77 bits per heavy atom. The molecule has 4 rings (SSSR count). The van der Waals surface area contributed by atoms with Crippen molar-refractivity contribution in [2.75, 3.05) is 15.9 Å². The molecule has 2 amide bonds. The van der Waals surface area contributed by atoms with E-state index in [-0.39, 0.29) is 29.8 Å². The lowest BCUT2D eigenvalue weighted by molar-refractivity contribution is -0.117. The first-order valence-electron chi connectivity index (χ1n) is 10.5. The van der Waals surface area contributed by atoms with E-state index >= 15 is 0 Å². The highest BCUT2D eigenvalue weighted by Gasteiger charge is 2.33. The summed E-state index contributed by atoms with van der Waals surface area (Å²) in [6.07, 6.45) is 3.69. The molecule has 7 nitrogen and oxygen atoms in total. The highest BCUT2D eigenvalue weighted by Crippen LogP contribution is 2.35. The maximum Gasteiger partial charge on any atom is 0.251 e. The molecule has 1 aliphatic carbocycles. The summed E-state index contributed by atoms with van der Waals surface area (Å²) >= 11 is 0. The Balaban J connectivity index is 1.42. The van der Waals surface area contributed by atoms with E-state index in [2.05, 4.69) is 10.6 Å². The molecule has 1 heterocycles. The number of rotatable bonds is 6. The zero-order chi connectivity index (χ0) is 22.3. The molecule has 1 saturated carbocycles. The Hall–Kier alpha value is -2.87. The normalized spacial score (nSPS) is 18.9. The van der Waals surface area contributed by atoms with E-state index in [1.54, 1.807) is 18.2 Å². The largest absolute Gasteiger partial charge is 0.346 e. The second-order valence-corrected chi connectivity index (χ2v) is 10.4. The summed E-state index contributed by atoms with van der Waals surface area (Å²) in [5.74, 6) is -0.000880. The van der Waals surface area contributed by atoms with Crippen molar-refractivity contribution in [1.29, 1.82) is 0 Å². The molecular formula is C23H27N3O4S. The fraction of sp³-hybridized carbons (Fsp3) is 0.391. The van der Waals surface area contributed by atoms with Crippen LogP contribution in [0.3, 0.4) is 0 Å². The highest BCUT2D eigenvalue weighted by atomic mass is 32.2.